The molecule has 29 heavy (non-hydrogen) atoms. The van der Waals surface area contributed by atoms with E-state index < -0.39 is 16.7 Å². The Morgan fingerprint density at radius 2 is 1.93 bits per heavy atom. The third-order valence-corrected chi connectivity index (χ3v) is 4.94. The van der Waals surface area contributed by atoms with Gasteiger partial charge in [-0.1, -0.05) is 18.2 Å². The highest BCUT2D eigenvalue weighted by atomic mass is 19.4. The Morgan fingerprint density at radius 1 is 1.24 bits per heavy atom. The Kier molecular flexibility index (Phi) is 5.87. The standard InChI is InChI=1S/C18H20F3N5O3/c1-13-16(26(28)29)10-22-25(13)12-17(27)24-7-5-23(6-8-24)11-14-3-2-4-15(9-14)18(19,20)21/h2-4,9-10H,5-8,11-12H2,1H3. The summed E-state index contributed by atoms with van der Waals surface area (Å²) in [5.41, 5.74) is 0.0711. The molecule has 1 saturated heterocycles. The van der Waals surface area contributed by atoms with Crippen LogP contribution in [0.3, 0.4) is 0 Å². The summed E-state index contributed by atoms with van der Waals surface area (Å²) in [4.78, 5) is 26.4. The summed E-state index contributed by atoms with van der Waals surface area (Å²) in [6.07, 6.45) is -3.25. The van der Waals surface area contributed by atoms with Crippen molar-refractivity contribution in [1.29, 1.82) is 0 Å². The van der Waals surface area contributed by atoms with E-state index in [-0.39, 0.29) is 18.1 Å². The van der Waals surface area contributed by atoms with Crippen molar-refractivity contribution in [3.05, 3.63) is 57.4 Å². The SMILES string of the molecule is Cc1c([N+](=O)[O-])cnn1CC(=O)N1CCN(Cc2cccc(C(F)(F)F)c2)CC1. The van der Waals surface area contributed by atoms with Crippen LogP contribution in [-0.2, 0) is 24.1 Å². The van der Waals surface area contributed by atoms with Gasteiger partial charge < -0.3 is 4.90 Å². The lowest BCUT2D eigenvalue weighted by Crippen LogP contribution is -2.49. The first-order valence-electron chi connectivity index (χ1n) is 8.98. The zero-order valence-electron chi connectivity index (χ0n) is 15.7. The number of hydrogen-bond acceptors (Lipinski definition) is 5. The minimum Gasteiger partial charge on any atom is -0.339 e. The number of carbonyl (C=O) groups excluding carboxylic acids is 1. The molecule has 2 aromatic rings. The highest BCUT2D eigenvalue weighted by Gasteiger charge is 2.30. The van der Waals surface area contributed by atoms with Gasteiger partial charge in [0, 0.05) is 32.7 Å². The zero-order chi connectivity index (χ0) is 21.2. The summed E-state index contributed by atoms with van der Waals surface area (Å²) >= 11 is 0. The molecule has 1 aromatic carbocycles. The molecular formula is C18H20F3N5O3. The molecule has 0 radical (unpaired) electrons. The Hall–Kier alpha value is -2.95. The van der Waals surface area contributed by atoms with Crippen LogP contribution in [0.15, 0.2) is 30.5 Å². The maximum Gasteiger partial charge on any atom is 0.416 e. The van der Waals surface area contributed by atoms with Crippen molar-refractivity contribution in [2.75, 3.05) is 26.2 Å². The second-order valence-electron chi connectivity index (χ2n) is 6.89. The van der Waals surface area contributed by atoms with Crippen LogP contribution in [0, 0.1) is 17.0 Å². The van der Waals surface area contributed by atoms with Crippen molar-refractivity contribution in [2.45, 2.75) is 26.2 Å². The van der Waals surface area contributed by atoms with E-state index in [1.165, 1.54) is 17.7 Å². The quantitative estimate of drug-likeness (QED) is 0.558. The summed E-state index contributed by atoms with van der Waals surface area (Å²) < 4.78 is 39.8. The van der Waals surface area contributed by atoms with Crippen LogP contribution >= 0.6 is 0 Å². The summed E-state index contributed by atoms with van der Waals surface area (Å²) in [6, 6.07) is 5.23. The van der Waals surface area contributed by atoms with Gasteiger partial charge in [-0.15, -0.1) is 0 Å². The number of carbonyl (C=O) groups is 1. The van der Waals surface area contributed by atoms with Gasteiger partial charge >= 0.3 is 11.9 Å². The molecule has 0 N–H and O–H groups in total. The van der Waals surface area contributed by atoms with Crippen LogP contribution in [-0.4, -0.2) is 56.6 Å². The van der Waals surface area contributed by atoms with Gasteiger partial charge in [-0.25, -0.2) is 0 Å². The summed E-state index contributed by atoms with van der Waals surface area (Å²) in [7, 11) is 0. The third-order valence-electron chi connectivity index (χ3n) is 4.94. The first-order chi connectivity index (χ1) is 13.6. The second kappa shape index (κ2) is 8.19. The molecule has 0 atom stereocenters. The Morgan fingerprint density at radius 3 is 2.52 bits per heavy atom. The molecule has 0 aliphatic carbocycles. The van der Waals surface area contributed by atoms with Gasteiger partial charge in [0.1, 0.15) is 18.4 Å². The number of rotatable bonds is 5. The summed E-state index contributed by atoms with van der Waals surface area (Å²) in [6.45, 7) is 3.73. The Bertz CT molecular complexity index is 904. The molecule has 0 saturated carbocycles. The highest BCUT2D eigenvalue weighted by Crippen LogP contribution is 2.29. The van der Waals surface area contributed by atoms with E-state index >= 15 is 0 Å². The topological polar surface area (TPSA) is 84.5 Å². The normalized spacial score (nSPS) is 15.5. The largest absolute Gasteiger partial charge is 0.416 e. The number of nitro groups is 1. The number of alkyl halides is 3. The van der Waals surface area contributed by atoms with E-state index in [4.69, 9.17) is 0 Å². The molecule has 1 fully saturated rings. The number of nitrogens with zero attached hydrogens (tertiary/aromatic N) is 5. The molecule has 3 rings (SSSR count). The first kappa shape index (κ1) is 20.8. The fourth-order valence-electron chi connectivity index (χ4n) is 3.26. The molecular weight excluding hydrogens is 391 g/mol. The Labute approximate surface area is 164 Å². The molecule has 1 aliphatic heterocycles. The monoisotopic (exact) mass is 411 g/mol. The molecule has 0 bridgehead atoms. The molecule has 0 spiro atoms. The van der Waals surface area contributed by atoms with Crippen LogP contribution in [0.1, 0.15) is 16.8 Å². The smallest absolute Gasteiger partial charge is 0.339 e. The van der Waals surface area contributed by atoms with Crippen molar-refractivity contribution < 1.29 is 22.9 Å². The Balaban J connectivity index is 1.54. The van der Waals surface area contributed by atoms with Crippen LogP contribution in [0.4, 0.5) is 18.9 Å². The highest BCUT2D eigenvalue weighted by molar-refractivity contribution is 5.76. The van der Waals surface area contributed by atoms with Gasteiger partial charge in [-0.2, -0.15) is 18.3 Å². The lowest BCUT2D eigenvalue weighted by atomic mass is 10.1. The minimum atomic E-state index is -4.37. The van der Waals surface area contributed by atoms with Crippen molar-refractivity contribution in [2.24, 2.45) is 0 Å². The third kappa shape index (κ3) is 4.91. The average molecular weight is 411 g/mol. The predicted octanol–water partition coefficient (Wildman–Crippen LogP) is 2.46. The number of amides is 1. The summed E-state index contributed by atoms with van der Waals surface area (Å²) in [5, 5.41) is 14.8. The molecule has 156 valence electrons. The van der Waals surface area contributed by atoms with E-state index in [1.54, 1.807) is 11.0 Å². The fraction of sp³-hybridized carbons (Fsp3) is 0.444. The maximum absolute atomic E-state index is 12.8. The van der Waals surface area contributed by atoms with Gasteiger partial charge in [-0.3, -0.25) is 24.5 Å². The van der Waals surface area contributed by atoms with Crippen molar-refractivity contribution >= 4 is 11.6 Å². The number of piperazine rings is 1. The second-order valence-corrected chi connectivity index (χ2v) is 6.89. The van der Waals surface area contributed by atoms with Crippen LogP contribution in [0.5, 0.6) is 0 Å². The lowest BCUT2D eigenvalue weighted by molar-refractivity contribution is -0.385. The van der Waals surface area contributed by atoms with Crippen molar-refractivity contribution in [3.8, 4) is 0 Å². The van der Waals surface area contributed by atoms with E-state index in [1.807, 2.05) is 4.90 Å². The molecule has 1 aliphatic rings. The minimum absolute atomic E-state index is 0.0900. The van der Waals surface area contributed by atoms with E-state index in [0.29, 0.717) is 44.0 Å². The van der Waals surface area contributed by atoms with E-state index in [0.717, 1.165) is 18.3 Å². The van der Waals surface area contributed by atoms with Crippen molar-refractivity contribution in [1.82, 2.24) is 19.6 Å². The van der Waals surface area contributed by atoms with Gasteiger partial charge in [0.05, 0.1) is 10.5 Å². The van der Waals surface area contributed by atoms with E-state index in [9.17, 15) is 28.1 Å². The molecule has 8 nitrogen and oxygen atoms in total. The van der Waals surface area contributed by atoms with Gasteiger partial charge in [0.2, 0.25) is 5.91 Å². The molecule has 2 heterocycles. The average Bonchev–Trinajstić information content (AvgIpc) is 3.02. The molecule has 0 unspecified atom stereocenters. The van der Waals surface area contributed by atoms with Crippen LogP contribution < -0.4 is 0 Å². The number of benzene rings is 1. The zero-order valence-corrected chi connectivity index (χ0v) is 15.7. The number of hydrogen-bond donors (Lipinski definition) is 0. The van der Waals surface area contributed by atoms with Gasteiger partial charge in [-0.05, 0) is 18.6 Å². The van der Waals surface area contributed by atoms with Crippen LogP contribution in [0.2, 0.25) is 0 Å². The van der Waals surface area contributed by atoms with Crippen molar-refractivity contribution in [3.63, 3.8) is 0 Å². The number of aromatic nitrogens is 2. The maximum atomic E-state index is 12.8. The van der Waals surface area contributed by atoms with Crippen LogP contribution in [0.25, 0.3) is 0 Å². The van der Waals surface area contributed by atoms with E-state index in [2.05, 4.69) is 5.10 Å². The number of halogens is 3. The van der Waals surface area contributed by atoms with Gasteiger partial charge in [0.15, 0.2) is 0 Å². The van der Waals surface area contributed by atoms with Gasteiger partial charge in [0.25, 0.3) is 0 Å². The molecule has 1 amide bonds. The molecule has 1 aromatic heterocycles. The lowest BCUT2D eigenvalue weighted by Gasteiger charge is -2.34. The predicted molar refractivity (Wildman–Crippen MR) is 96.9 cm³/mol. The first-order valence-corrected chi connectivity index (χ1v) is 8.98. The molecule has 11 heteroatoms. The summed E-state index contributed by atoms with van der Waals surface area (Å²) in [5.74, 6) is -0.204. The fourth-order valence-corrected chi connectivity index (χ4v) is 3.26.